The number of nitro groups is 1. The maximum absolute atomic E-state index is 12.8. The van der Waals surface area contributed by atoms with E-state index in [1.165, 1.54) is 0 Å². The van der Waals surface area contributed by atoms with Crippen molar-refractivity contribution < 1.29 is 32.5 Å². The first kappa shape index (κ1) is 20.3. The lowest BCUT2D eigenvalue weighted by atomic mass is 10.1. The van der Waals surface area contributed by atoms with E-state index in [0.29, 0.717) is 65.1 Å². The molecular weight excluding hydrogens is 381 g/mol. The molecule has 0 bridgehead atoms. The van der Waals surface area contributed by atoms with Crippen LogP contribution in [-0.4, -0.2) is 74.8 Å². The van der Waals surface area contributed by atoms with E-state index in [0.717, 1.165) is 17.0 Å². The number of morpholine rings is 1. The summed E-state index contributed by atoms with van der Waals surface area (Å²) in [7, 11) is 0. The molecule has 1 aromatic rings. The molecule has 0 atom stereocenters. The Morgan fingerprint density at radius 1 is 1.18 bits per heavy atom. The van der Waals surface area contributed by atoms with Gasteiger partial charge >= 0.3 is 6.18 Å². The lowest BCUT2D eigenvalue weighted by molar-refractivity contribution is -0.892. The topological polar surface area (TPSA) is 80.4 Å². The van der Waals surface area contributed by atoms with Gasteiger partial charge in [-0.25, -0.2) is 0 Å². The highest BCUT2D eigenvalue weighted by atomic mass is 19.4. The van der Waals surface area contributed by atoms with Gasteiger partial charge in [-0.05, 0) is 12.1 Å². The van der Waals surface area contributed by atoms with Crippen LogP contribution in [0.25, 0.3) is 0 Å². The molecule has 1 amide bonds. The Labute approximate surface area is 159 Å². The number of hydrogen-bond acceptors (Lipinski definition) is 5. The van der Waals surface area contributed by atoms with E-state index in [9.17, 15) is 28.1 Å². The van der Waals surface area contributed by atoms with Gasteiger partial charge in [-0.15, -0.1) is 0 Å². The number of rotatable bonds is 4. The zero-order valence-electron chi connectivity index (χ0n) is 15.2. The fourth-order valence-electron chi connectivity index (χ4n) is 3.49. The molecule has 2 fully saturated rings. The number of hydrogen-bond donors (Lipinski definition) is 1. The number of alkyl halides is 3. The Morgan fingerprint density at radius 3 is 2.39 bits per heavy atom. The normalized spacial score (nSPS) is 19.0. The number of ether oxygens (including phenoxy) is 1. The van der Waals surface area contributed by atoms with Crippen LogP contribution in [0.5, 0.6) is 0 Å². The Hall–Kier alpha value is -2.40. The monoisotopic (exact) mass is 403 g/mol. The zero-order chi connectivity index (χ0) is 20.3. The summed E-state index contributed by atoms with van der Waals surface area (Å²) in [6.07, 6.45) is -4.63. The summed E-state index contributed by atoms with van der Waals surface area (Å²) in [6, 6.07) is 2.60. The zero-order valence-corrected chi connectivity index (χ0v) is 15.2. The van der Waals surface area contributed by atoms with Crippen molar-refractivity contribution in [2.24, 2.45) is 0 Å². The first-order valence-corrected chi connectivity index (χ1v) is 9.05. The maximum Gasteiger partial charge on any atom is 0.416 e. The van der Waals surface area contributed by atoms with Crippen LogP contribution in [0.1, 0.15) is 5.56 Å². The van der Waals surface area contributed by atoms with Gasteiger partial charge in [0.25, 0.3) is 11.6 Å². The van der Waals surface area contributed by atoms with Crippen LogP contribution in [0.4, 0.5) is 24.5 Å². The highest BCUT2D eigenvalue weighted by Crippen LogP contribution is 2.36. The summed E-state index contributed by atoms with van der Waals surface area (Å²) >= 11 is 0. The third-order valence-electron chi connectivity index (χ3n) is 5.08. The predicted molar refractivity (Wildman–Crippen MR) is 93.3 cm³/mol. The first-order valence-electron chi connectivity index (χ1n) is 9.05. The molecule has 0 spiro atoms. The summed E-state index contributed by atoms with van der Waals surface area (Å²) < 4.78 is 43.8. The standard InChI is InChI=1S/C17H21F3N4O4/c18-17(19,20)13-1-2-14(15(11-13)24(26)27)22-5-3-21(4-6-22)12-16(25)23-7-9-28-10-8-23/h1-2,11H,3-10,12H2/p+1. The quantitative estimate of drug-likeness (QED) is 0.573. The number of halogens is 3. The van der Waals surface area contributed by atoms with Crippen LogP contribution in [0.3, 0.4) is 0 Å². The smallest absolute Gasteiger partial charge is 0.378 e. The fourth-order valence-corrected chi connectivity index (χ4v) is 3.49. The van der Waals surface area contributed by atoms with Gasteiger partial charge in [0.15, 0.2) is 6.54 Å². The molecule has 0 unspecified atom stereocenters. The minimum absolute atomic E-state index is 0.0484. The first-order chi connectivity index (χ1) is 13.3. The molecule has 1 aromatic carbocycles. The van der Waals surface area contributed by atoms with Crippen molar-refractivity contribution in [3.8, 4) is 0 Å². The molecule has 154 valence electrons. The van der Waals surface area contributed by atoms with Gasteiger partial charge in [0, 0.05) is 19.2 Å². The number of carbonyl (C=O) groups excluding carboxylic acids is 1. The highest BCUT2D eigenvalue weighted by molar-refractivity contribution is 5.77. The van der Waals surface area contributed by atoms with Gasteiger partial charge in [0.05, 0.1) is 49.9 Å². The summed E-state index contributed by atoms with van der Waals surface area (Å²) in [4.78, 5) is 27.4. The lowest BCUT2D eigenvalue weighted by Gasteiger charge is -2.34. The van der Waals surface area contributed by atoms with E-state index in [2.05, 4.69) is 0 Å². The Kier molecular flexibility index (Phi) is 6.04. The summed E-state index contributed by atoms with van der Waals surface area (Å²) in [6.45, 7) is 4.58. The van der Waals surface area contributed by atoms with Crippen molar-refractivity contribution in [1.82, 2.24) is 4.90 Å². The minimum Gasteiger partial charge on any atom is -0.378 e. The Morgan fingerprint density at radius 2 is 1.82 bits per heavy atom. The Balaban J connectivity index is 1.63. The number of anilines is 1. The van der Waals surface area contributed by atoms with E-state index in [-0.39, 0.29) is 11.6 Å². The maximum atomic E-state index is 12.8. The molecule has 2 heterocycles. The van der Waals surface area contributed by atoms with Crippen molar-refractivity contribution in [2.75, 3.05) is 63.9 Å². The number of nitro benzene ring substituents is 1. The van der Waals surface area contributed by atoms with E-state index >= 15 is 0 Å². The van der Waals surface area contributed by atoms with Crippen LogP contribution in [-0.2, 0) is 15.7 Å². The number of benzene rings is 1. The molecule has 2 saturated heterocycles. The molecule has 8 nitrogen and oxygen atoms in total. The fraction of sp³-hybridized carbons (Fsp3) is 0.588. The van der Waals surface area contributed by atoms with Gasteiger partial charge in [-0.2, -0.15) is 13.2 Å². The number of nitrogens with one attached hydrogen (secondary N) is 1. The third-order valence-corrected chi connectivity index (χ3v) is 5.08. The van der Waals surface area contributed by atoms with Crippen molar-refractivity contribution in [3.05, 3.63) is 33.9 Å². The molecule has 0 saturated carbocycles. The Bertz CT molecular complexity index is 730. The molecule has 11 heteroatoms. The lowest BCUT2D eigenvalue weighted by Crippen LogP contribution is -3.16. The molecule has 0 aromatic heterocycles. The van der Waals surface area contributed by atoms with Gasteiger partial charge in [-0.3, -0.25) is 14.9 Å². The predicted octanol–water partition coefficient (Wildman–Crippen LogP) is 0.177. The summed E-state index contributed by atoms with van der Waals surface area (Å²) in [5.41, 5.74) is -1.41. The van der Waals surface area contributed by atoms with Crippen LogP contribution in [0, 0.1) is 10.1 Å². The van der Waals surface area contributed by atoms with Crippen molar-refractivity contribution in [1.29, 1.82) is 0 Å². The molecule has 28 heavy (non-hydrogen) atoms. The second kappa shape index (κ2) is 8.31. The number of quaternary nitrogens is 1. The number of nitrogens with zero attached hydrogens (tertiary/aromatic N) is 3. The van der Waals surface area contributed by atoms with E-state index in [4.69, 9.17) is 4.74 Å². The largest absolute Gasteiger partial charge is 0.416 e. The highest BCUT2D eigenvalue weighted by Gasteiger charge is 2.35. The van der Waals surface area contributed by atoms with E-state index in [1.807, 2.05) is 0 Å². The average Bonchev–Trinajstić information content (AvgIpc) is 2.68. The van der Waals surface area contributed by atoms with E-state index < -0.39 is 22.4 Å². The van der Waals surface area contributed by atoms with Gasteiger partial charge in [0.2, 0.25) is 0 Å². The van der Waals surface area contributed by atoms with Crippen molar-refractivity contribution in [2.45, 2.75) is 6.18 Å². The van der Waals surface area contributed by atoms with Gasteiger partial charge in [0.1, 0.15) is 5.69 Å². The van der Waals surface area contributed by atoms with Crippen molar-refractivity contribution in [3.63, 3.8) is 0 Å². The summed E-state index contributed by atoms with van der Waals surface area (Å²) in [5.74, 6) is 0.0484. The SMILES string of the molecule is O=C(C[NH+]1CCN(c2ccc(C(F)(F)F)cc2[N+](=O)[O-])CC1)N1CCOCC1. The molecule has 0 radical (unpaired) electrons. The second-order valence-electron chi connectivity index (χ2n) is 6.87. The number of carbonyl (C=O) groups is 1. The van der Waals surface area contributed by atoms with Crippen LogP contribution in [0.15, 0.2) is 18.2 Å². The third kappa shape index (κ3) is 4.71. The average molecular weight is 403 g/mol. The van der Waals surface area contributed by atoms with Crippen LogP contribution in [0.2, 0.25) is 0 Å². The molecule has 2 aliphatic heterocycles. The molecular formula is C17H22F3N4O4+. The minimum atomic E-state index is -4.63. The number of piperazine rings is 1. The van der Waals surface area contributed by atoms with Crippen LogP contribution >= 0.6 is 0 Å². The van der Waals surface area contributed by atoms with Gasteiger partial charge < -0.3 is 19.4 Å². The molecule has 0 aliphatic carbocycles. The molecule has 3 rings (SSSR count). The van der Waals surface area contributed by atoms with Gasteiger partial charge in [-0.1, -0.05) is 0 Å². The van der Waals surface area contributed by atoms with Crippen molar-refractivity contribution >= 4 is 17.3 Å². The molecule has 2 aliphatic rings. The number of amides is 1. The van der Waals surface area contributed by atoms with Crippen LogP contribution < -0.4 is 9.80 Å². The summed E-state index contributed by atoms with van der Waals surface area (Å²) in [5, 5.41) is 11.3. The second-order valence-corrected chi connectivity index (χ2v) is 6.87. The van der Waals surface area contributed by atoms with E-state index in [1.54, 1.807) is 9.80 Å². The molecule has 1 N–H and O–H groups in total.